The third-order valence-corrected chi connectivity index (χ3v) is 4.57. The number of benzene rings is 2. The molecule has 0 saturated carbocycles. The summed E-state index contributed by atoms with van der Waals surface area (Å²) in [6.45, 7) is 8.57. The van der Waals surface area contributed by atoms with Gasteiger partial charge < -0.3 is 16.8 Å². The van der Waals surface area contributed by atoms with Gasteiger partial charge in [-0.3, -0.25) is 0 Å². The Morgan fingerprint density at radius 1 is 0.958 bits per heavy atom. The zero-order valence-electron chi connectivity index (χ0n) is 14.8. The Labute approximate surface area is 145 Å². The lowest BCUT2D eigenvalue weighted by Crippen LogP contribution is -2.25. The molecule has 0 saturated heterocycles. The molecule has 0 heterocycles. The van der Waals surface area contributed by atoms with Crippen molar-refractivity contribution in [1.29, 1.82) is 0 Å². The second kappa shape index (κ2) is 8.44. The normalized spacial score (nSPS) is 10.8. The van der Waals surface area contributed by atoms with Crippen LogP contribution in [0.4, 0.5) is 11.4 Å². The van der Waals surface area contributed by atoms with Crippen LogP contribution in [0.3, 0.4) is 0 Å². The van der Waals surface area contributed by atoms with Crippen LogP contribution in [0.25, 0.3) is 5.70 Å². The van der Waals surface area contributed by atoms with Crippen LogP contribution in [0.5, 0.6) is 0 Å². The standard InChI is InChI=1S/C21H29N3/c1-4-19(5-2)24-15(3)17-12-13-21(23)18(14-17)11-10-16-8-6-7-9-20(16)22/h6-9,12-14,19,24H,3-5,10-11,22-23H2,1-2H3. The zero-order valence-corrected chi connectivity index (χ0v) is 14.8. The minimum Gasteiger partial charge on any atom is -0.399 e. The van der Waals surface area contributed by atoms with Crippen molar-refractivity contribution in [2.45, 2.75) is 45.6 Å². The SMILES string of the molecule is C=C(NC(CC)CC)c1ccc(N)c(CCc2ccccc2N)c1. The molecule has 0 aliphatic carbocycles. The Morgan fingerprint density at radius 2 is 1.58 bits per heavy atom. The monoisotopic (exact) mass is 323 g/mol. The predicted molar refractivity (Wildman–Crippen MR) is 106 cm³/mol. The number of hydrogen-bond acceptors (Lipinski definition) is 3. The molecule has 2 aromatic rings. The lowest BCUT2D eigenvalue weighted by atomic mass is 9.99. The summed E-state index contributed by atoms with van der Waals surface area (Å²) in [5.74, 6) is 0. The van der Waals surface area contributed by atoms with E-state index in [-0.39, 0.29) is 0 Å². The number of anilines is 2. The van der Waals surface area contributed by atoms with E-state index in [1.54, 1.807) is 0 Å². The van der Waals surface area contributed by atoms with Crippen molar-refractivity contribution in [3.8, 4) is 0 Å². The zero-order chi connectivity index (χ0) is 17.5. The highest BCUT2D eigenvalue weighted by atomic mass is 14.9. The van der Waals surface area contributed by atoms with Crippen molar-refractivity contribution in [2.75, 3.05) is 11.5 Å². The Morgan fingerprint density at radius 3 is 2.25 bits per heavy atom. The molecule has 5 N–H and O–H groups in total. The molecule has 0 atom stereocenters. The molecule has 0 aromatic heterocycles. The van der Waals surface area contributed by atoms with Gasteiger partial charge in [-0.05, 0) is 60.6 Å². The Balaban J connectivity index is 2.11. The molecule has 0 fully saturated rings. The molecule has 3 heteroatoms. The van der Waals surface area contributed by atoms with Crippen LogP contribution >= 0.6 is 0 Å². The average Bonchev–Trinajstić information content (AvgIpc) is 2.60. The van der Waals surface area contributed by atoms with Gasteiger partial charge in [0.15, 0.2) is 0 Å². The summed E-state index contributed by atoms with van der Waals surface area (Å²) in [6.07, 6.45) is 3.92. The molecule has 0 aliphatic rings. The smallest absolute Gasteiger partial charge is 0.0347 e. The second-order valence-corrected chi connectivity index (χ2v) is 6.25. The van der Waals surface area contributed by atoms with E-state index in [1.165, 1.54) is 0 Å². The molecule has 2 aromatic carbocycles. The number of para-hydroxylation sites is 1. The van der Waals surface area contributed by atoms with Gasteiger partial charge in [-0.1, -0.05) is 44.7 Å². The lowest BCUT2D eigenvalue weighted by Gasteiger charge is -2.19. The highest BCUT2D eigenvalue weighted by Crippen LogP contribution is 2.22. The van der Waals surface area contributed by atoms with Gasteiger partial charge in [0.2, 0.25) is 0 Å². The van der Waals surface area contributed by atoms with E-state index in [1.807, 2.05) is 30.3 Å². The molecule has 24 heavy (non-hydrogen) atoms. The predicted octanol–water partition coefficient (Wildman–Crippen LogP) is 4.39. The largest absolute Gasteiger partial charge is 0.399 e. The summed E-state index contributed by atoms with van der Waals surface area (Å²) in [4.78, 5) is 0. The average molecular weight is 323 g/mol. The molecule has 0 aliphatic heterocycles. The first-order valence-electron chi connectivity index (χ1n) is 8.72. The van der Waals surface area contributed by atoms with Gasteiger partial charge in [0.1, 0.15) is 0 Å². The fraction of sp³-hybridized carbons (Fsp3) is 0.333. The number of hydrogen-bond donors (Lipinski definition) is 3. The van der Waals surface area contributed by atoms with Crippen LogP contribution in [0.15, 0.2) is 49.0 Å². The first-order chi connectivity index (χ1) is 11.5. The van der Waals surface area contributed by atoms with Crippen LogP contribution in [0.1, 0.15) is 43.4 Å². The van der Waals surface area contributed by atoms with Crippen molar-refractivity contribution in [2.24, 2.45) is 0 Å². The Bertz CT molecular complexity index is 687. The van der Waals surface area contributed by atoms with E-state index in [0.29, 0.717) is 6.04 Å². The molecule has 0 radical (unpaired) electrons. The minimum absolute atomic E-state index is 0.461. The summed E-state index contributed by atoms with van der Waals surface area (Å²) < 4.78 is 0. The number of aryl methyl sites for hydroxylation is 2. The highest BCUT2D eigenvalue weighted by Gasteiger charge is 2.08. The van der Waals surface area contributed by atoms with E-state index in [0.717, 1.165) is 59.4 Å². The van der Waals surface area contributed by atoms with Crippen molar-refractivity contribution in [1.82, 2.24) is 5.32 Å². The van der Waals surface area contributed by atoms with E-state index in [2.05, 4.69) is 37.9 Å². The number of nitrogens with one attached hydrogen (secondary N) is 1. The maximum Gasteiger partial charge on any atom is 0.0347 e. The van der Waals surface area contributed by atoms with Crippen molar-refractivity contribution in [3.05, 3.63) is 65.7 Å². The number of rotatable bonds is 8. The van der Waals surface area contributed by atoms with Crippen molar-refractivity contribution in [3.63, 3.8) is 0 Å². The van der Waals surface area contributed by atoms with Crippen LogP contribution in [-0.2, 0) is 12.8 Å². The molecule has 2 rings (SSSR count). The van der Waals surface area contributed by atoms with Crippen LogP contribution in [0.2, 0.25) is 0 Å². The fourth-order valence-electron chi connectivity index (χ4n) is 2.86. The first kappa shape index (κ1) is 17.9. The van der Waals surface area contributed by atoms with Gasteiger partial charge >= 0.3 is 0 Å². The van der Waals surface area contributed by atoms with Crippen molar-refractivity contribution < 1.29 is 0 Å². The van der Waals surface area contributed by atoms with Gasteiger partial charge in [-0.25, -0.2) is 0 Å². The van der Waals surface area contributed by atoms with Gasteiger partial charge in [0, 0.05) is 23.1 Å². The van der Waals surface area contributed by atoms with Gasteiger partial charge in [0.05, 0.1) is 0 Å². The van der Waals surface area contributed by atoms with Gasteiger partial charge in [-0.15, -0.1) is 0 Å². The van der Waals surface area contributed by atoms with Gasteiger partial charge in [0.25, 0.3) is 0 Å². The van der Waals surface area contributed by atoms with Crippen molar-refractivity contribution >= 4 is 17.1 Å². The third-order valence-electron chi connectivity index (χ3n) is 4.57. The lowest BCUT2D eigenvalue weighted by molar-refractivity contribution is 0.561. The maximum atomic E-state index is 6.16. The third kappa shape index (κ3) is 4.54. The van der Waals surface area contributed by atoms with E-state index < -0.39 is 0 Å². The molecule has 0 spiro atoms. The second-order valence-electron chi connectivity index (χ2n) is 6.25. The molecule has 0 amide bonds. The fourth-order valence-corrected chi connectivity index (χ4v) is 2.86. The quantitative estimate of drug-likeness (QED) is 0.631. The minimum atomic E-state index is 0.461. The van der Waals surface area contributed by atoms with Crippen LogP contribution in [-0.4, -0.2) is 6.04 Å². The summed E-state index contributed by atoms with van der Waals surface area (Å²) in [5.41, 5.74) is 18.2. The van der Waals surface area contributed by atoms with E-state index in [9.17, 15) is 0 Å². The number of nitrogens with two attached hydrogens (primary N) is 2. The van der Waals surface area contributed by atoms with E-state index >= 15 is 0 Å². The summed E-state index contributed by atoms with van der Waals surface area (Å²) >= 11 is 0. The Kier molecular flexibility index (Phi) is 6.30. The summed E-state index contributed by atoms with van der Waals surface area (Å²) in [5, 5.41) is 3.51. The number of nitrogen functional groups attached to an aromatic ring is 2. The maximum absolute atomic E-state index is 6.16. The molecular formula is C21H29N3. The molecule has 0 unspecified atom stereocenters. The van der Waals surface area contributed by atoms with Crippen LogP contribution in [0, 0.1) is 0 Å². The molecule has 128 valence electrons. The summed E-state index contributed by atoms with van der Waals surface area (Å²) in [6, 6.07) is 14.6. The summed E-state index contributed by atoms with van der Waals surface area (Å²) in [7, 11) is 0. The Hall–Kier alpha value is -2.42. The highest BCUT2D eigenvalue weighted by molar-refractivity contribution is 5.66. The molecular weight excluding hydrogens is 294 g/mol. The molecule has 3 nitrogen and oxygen atoms in total. The van der Waals surface area contributed by atoms with Gasteiger partial charge in [-0.2, -0.15) is 0 Å². The first-order valence-corrected chi connectivity index (χ1v) is 8.72. The topological polar surface area (TPSA) is 64.1 Å². The van der Waals surface area contributed by atoms with E-state index in [4.69, 9.17) is 11.5 Å². The van der Waals surface area contributed by atoms with Crippen LogP contribution < -0.4 is 16.8 Å². The molecule has 0 bridgehead atoms.